The lowest BCUT2D eigenvalue weighted by Crippen LogP contribution is -2.12. The highest BCUT2D eigenvalue weighted by Crippen LogP contribution is 2.34. The van der Waals surface area contributed by atoms with Gasteiger partial charge in [0.25, 0.3) is 0 Å². The average molecular weight is 369 g/mol. The predicted molar refractivity (Wildman–Crippen MR) is 64.6 cm³/mol. The summed E-state index contributed by atoms with van der Waals surface area (Å²) in [6.45, 7) is 0. The van der Waals surface area contributed by atoms with Crippen LogP contribution in [0.5, 0.6) is 0 Å². The summed E-state index contributed by atoms with van der Waals surface area (Å²) >= 11 is 1.51. The van der Waals surface area contributed by atoms with Crippen LogP contribution < -0.4 is 0 Å². The molecule has 0 unspecified atom stereocenters. The molecule has 0 amide bonds. The van der Waals surface area contributed by atoms with E-state index in [4.69, 9.17) is 5.26 Å². The van der Waals surface area contributed by atoms with Crippen molar-refractivity contribution in [2.75, 3.05) is 7.11 Å². The molecule has 0 spiro atoms. The van der Waals surface area contributed by atoms with Gasteiger partial charge in [-0.25, -0.2) is 0 Å². The first kappa shape index (κ1) is 14.8. The van der Waals surface area contributed by atoms with Crippen molar-refractivity contribution in [3.63, 3.8) is 0 Å². The highest BCUT2D eigenvalue weighted by molar-refractivity contribution is 14.1. The summed E-state index contributed by atoms with van der Waals surface area (Å²) < 4.78 is 42.3. The van der Waals surface area contributed by atoms with E-state index < -0.39 is 17.7 Å². The second-order valence-electron chi connectivity index (χ2n) is 3.35. The van der Waals surface area contributed by atoms with E-state index in [-0.39, 0.29) is 21.1 Å². The number of esters is 1. The van der Waals surface area contributed by atoms with Crippen LogP contribution >= 0.6 is 22.6 Å². The van der Waals surface area contributed by atoms with Crippen LogP contribution in [0.4, 0.5) is 13.2 Å². The van der Waals surface area contributed by atoms with Gasteiger partial charge >= 0.3 is 12.1 Å². The smallest absolute Gasteiger partial charge is 0.417 e. The van der Waals surface area contributed by atoms with Gasteiger partial charge in [-0.3, -0.25) is 4.79 Å². The zero-order valence-corrected chi connectivity index (χ0v) is 11.3. The fourth-order valence-corrected chi connectivity index (χ4v) is 2.09. The molecule has 1 aromatic carbocycles. The van der Waals surface area contributed by atoms with E-state index in [1.165, 1.54) is 22.6 Å². The van der Waals surface area contributed by atoms with Crippen LogP contribution in [0.3, 0.4) is 0 Å². The van der Waals surface area contributed by atoms with Crippen molar-refractivity contribution < 1.29 is 22.7 Å². The number of ether oxygens (including phenoxy) is 1. The van der Waals surface area contributed by atoms with Crippen LogP contribution in [0.2, 0.25) is 0 Å². The Balaban J connectivity index is 3.32. The normalized spacial score (nSPS) is 10.9. The Bertz CT molecular complexity index is 520. The first-order valence-electron chi connectivity index (χ1n) is 4.66. The van der Waals surface area contributed by atoms with E-state index in [1.54, 1.807) is 6.07 Å². The van der Waals surface area contributed by atoms with Gasteiger partial charge in [-0.15, -0.1) is 0 Å². The summed E-state index contributed by atoms with van der Waals surface area (Å²) in [6.07, 6.45) is -4.88. The van der Waals surface area contributed by atoms with E-state index in [9.17, 15) is 18.0 Å². The van der Waals surface area contributed by atoms with E-state index in [2.05, 4.69) is 4.74 Å². The zero-order valence-electron chi connectivity index (χ0n) is 9.14. The molecule has 3 nitrogen and oxygen atoms in total. The molecule has 0 fully saturated rings. The maximum atomic E-state index is 12.7. The van der Waals surface area contributed by atoms with Crippen molar-refractivity contribution in [1.82, 2.24) is 0 Å². The van der Waals surface area contributed by atoms with Gasteiger partial charge in [0.05, 0.1) is 30.7 Å². The van der Waals surface area contributed by atoms with Gasteiger partial charge in [0.15, 0.2) is 0 Å². The summed E-state index contributed by atoms with van der Waals surface area (Å²) in [7, 11) is 1.13. The Hall–Kier alpha value is -1.30. The summed E-state index contributed by atoms with van der Waals surface area (Å²) in [6, 6.07) is 3.69. The number of nitrogens with zero attached hydrogens (tertiary/aromatic N) is 1. The number of carbonyl (C=O) groups excluding carboxylic acids is 1. The number of benzene rings is 1. The third-order valence-electron chi connectivity index (χ3n) is 2.18. The molecule has 0 saturated heterocycles. The topological polar surface area (TPSA) is 50.1 Å². The Labute approximate surface area is 115 Å². The van der Waals surface area contributed by atoms with Gasteiger partial charge in [0.2, 0.25) is 0 Å². The van der Waals surface area contributed by atoms with E-state index in [0.717, 1.165) is 19.2 Å². The number of hydrogen-bond acceptors (Lipinski definition) is 3. The van der Waals surface area contributed by atoms with Crippen LogP contribution in [0, 0.1) is 14.9 Å². The molecule has 0 heterocycles. The minimum Gasteiger partial charge on any atom is -0.469 e. The Morgan fingerprint density at radius 3 is 2.56 bits per heavy atom. The molecule has 0 aliphatic carbocycles. The van der Waals surface area contributed by atoms with Crippen molar-refractivity contribution >= 4 is 28.6 Å². The van der Waals surface area contributed by atoms with Crippen LogP contribution in [0.25, 0.3) is 0 Å². The Morgan fingerprint density at radius 2 is 2.11 bits per heavy atom. The summed E-state index contributed by atoms with van der Waals surface area (Å²) in [5, 5.41) is 8.84. The number of hydrogen-bond donors (Lipinski definition) is 0. The molecule has 0 atom stereocenters. The van der Waals surface area contributed by atoms with Crippen LogP contribution in [0.1, 0.15) is 16.7 Å². The van der Waals surface area contributed by atoms with Crippen LogP contribution in [0.15, 0.2) is 12.1 Å². The van der Waals surface area contributed by atoms with E-state index in [0.29, 0.717) is 0 Å². The second kappa shape index (κ2) is 5.56. The fourth-order valence-electron chi connectivity index (χ4n) is 1.31. The van der Waals surface area contributed by atoms with Crippen molar-refractivity contribution in [2.45, 2.75) is 12.6 Å². The summed E-state index contributed by atoms with van der Waals surface area (Å²) in [4.78, 5) is 11.1. The first-order valence-corrected chi connectivity index (χ1v) is 5.74. The lowest BCUT2D eigenvalue weighted by molar-refractivity contribution is -0.141. The maximum Gasteiger partial charge on any atom is 0.417 e. The quantitative estimate of drug-likeness (QED) is 0.595. The van der Waals surface area contributed by atoms with Crippen molar-refractivity contribution in [3.05, 3.63) is 32.4 Å². The standard InChI is InChI=1S/C11H7F3INO2/c1-18-10(17)4-6-2-8(11(12,13)14)9(15)3-7(6)5-16/h2-3H,4H2,1H3. The SMILES string of the molecule is COC(=O)Cc1cc(C(F)(F)F)c(I)cc1C#N. The van der Waals surface area contributed by atoms with Gasteiger partial charge in [-0.1, -0.05) is 0 Å². The lowest BCUT2D eigenvalue weighted by Gasteiger charge is -2.12. The third kappa shape index (κ3) is 3.35. The van der Waals surface area contributed by atoms with Gasteiger partial charge < -0.3 is 4.74 Å². The maximum absolute atomic E-state index is 12.7. The van der Waals surface area contributed by atoms with E-state index >= 15 is 0 Å². The Kier molecular flexibility index (Phi) is 4.56. The molecule has 96 valence electrons. The van der Waals surface area contributed by atoms with E-state index in [1.807, 2.05) is 0 Å². The van der Waals surface area contributed by atoms with Gasteiger partial charge in [0.1, 0.15) is 0 Å². The molecule has 0 bridgehead atoms. The minimum atomic E-state index is -4.52. The molecule has 7 heteroatoms. The van der Waals surface area contributed by atoms with Gasteiger partial charge in [-0.05, 0) is 40.3 Å². The average Bonchev–Trinajstić information content (AvgIpc) is 2.29. The molecule has 0 saturated carbocycles. The summed E-state index contributed by atoms with van der Waals surface area (Å²) in [5.74, 6) is -0.694. The Morgan fingerprint density at radius 1 is 1.50 bits per heavy atom. The highest BCUT2D eigenvalue weighted by atomic mass is 127. The first-order chi connectivity index (χ1) is 8.29. The molecule has 0 aromatic heterocycles. The molecule has 0 N–H and O–H groups in total. The number of methoxy groups -OCH3 is 1. The predicted octanol–water partition coefficient (Wildman–Crippen LogP) is 2.90. The summed E-state index contributed by atoms with van der Waals surface area (Å²) in [5.41, 5.74) is -0.809. The van der Waals surface area contributed by atoms with Gasteiger partial charge in [-0.2, -0.15) is 18.4 Å². The number of halogens is 4. The largest absolute Gasteiger partial charge is 0.469 e. The molecule has 0 radical (unpaired) electrons. The van der Waals surface area contributed by atoms with Crippen molar-refractivity contribution in [1.29, 1.82) is 5.26 Å². The molecule has 0 aliphatic heterocycles. The molecular formula is C11H7F3INO2. The van der Waals surface area contributed by atoms with Crippen LogP contribution in [-0.2, 0) is 22.1 Å². The molecular weight excluding hydrogens is 362 g/mol. The lowest BCUT2D eigenvalue weighted by atomic mass is 10.0. The third-order valence-corrected chi connectivity index (χ3v) is 3.07. The minimum absolute atomic E-state index is 0.0112. The molecule has 0 aliphatic rings. The second-order valence-corrected chi connectivity index (χ2v) is 4.51. The van der Waals surface area contributed by atoms with Crippen LogP contribution in [-0.4, -0.2) is 13.1 Å². The molecule has 1 aromatic rings. The monoisotopic (exact) mass is 369 g/mol. The number of rotatable bonds is 2. The number of carbonyl (C=O) groups is 1. The van der Waals surface area contributed by atoms with Crippen molar-refractivity contribution in [3.8, 4) is 6.07 Å². The number of nitriles is 1. The highest BCUT2D eigenvalue weighted by Gasteiger charge is 2.34. The van der Waals surface area contributed by atoms with Gasteiger partial charge in [0, 0.05) is 3.57 Å². The van der Waals surface area contributed by atoms with Crippen molar-refractivity contribution in [2.24, 2.45) is 0 Å². The molecule has 1 rings (SSSR count). The molecule has 18 heavy (non-hydrogen) atoms. The zero-order chi connectivity index (χ0) is 13.9. The number of alkyl halides is 3. The fraction of sp³-hybridized carbons (Fsp3) is 0.273.